The predicted octanol–water partition coefficient (Wildman–Crippen LogP) is 0.529. The number of carbonyl (C=O) groups excluding carboxylic acids is 1. The first kappa shape index (κ1) is 13.4. The van der Waals surface area contributed by atoms with Crippen molar-refractivity contribution >= 4 is 5.91 Å². The summed E-state index contributed by atoms with van der Waals surface area (Å²) in [6, 6.07) is 0. The lowest BCUT2D eigenvalue weighted by molar-refractivity contribution is -0.121. The van der Waals surface area contributed by atoms with Crippen LogP contribution in [0.25, 0.3) is 0 Å². The van der Waals surface area contributed by atoms with Crippen molar-refractivity contribution in [3.63, 3.8) is 0 Å². The van der Waals surface area contributed by atoms with Crippen LogP contribution in [0.4, 0.5) is 0 Å². The van der Waals surface area contributed by atoms with Crippen LogP contribution in [-0.2, 0) is 9.53 Å². The average molecular weight is 202 g/mol. The fraction of sp³-hybridized carbons (Fsp3) is 0.900. The first-order chi connectivity index (χ1) is 6.81. The Morgan fingerprint density at radius 2 is 2.00 bits per heavy atom. The molecule has 2 N–H and O–H groups in total. The Bertz CT molecular complexity index is 140. The minimum Gasteiger partial charge on any atom is -0.383 e. The third-order valence-corrected chi connectivity index (χ3v) is 1.96. The van der Waals surface area contributed by atoms with Crippen LogP contribution in [0.5, 0.6) is 0 Å². The van der Waals surface area contributed by atoms with Crippen LogP contribution in [0.2, 0.25) is 0 Å². The molecular formula is C10H22N2O2. The van der Waals surface area contributed by atoms with Gasteiger partial charge in [0, 0.05) is 20.1 Å². The number of hydrogen-bond donors (Lipinski definition) is 2. The molecule has 0 saturated heterocycles. The molecule has 4 nitrogen and oxygen atoms in total. The van der Waals surface area contributed by atoms with E-state index in [-0.39, 0.29) is 5.91 Å². The molecule has 0 aliphatic rings. The quantitative estimate of drug-likeness (QED) is 0.536. The largest absolute Gasteiger partial charge is 0.383 e. The van der Waals surface area contributed by atoms with Gasteiger partial charge in [-0.1, -0.05) is 6.42 Å². The van der Waals surface area contributed by atoms with Gasteiger partial charge in [0.1, 0.15) is 0 Å². The lowest BCUT2D eigenvalue weighted by atomic mass is 10.2. The monoisotopic (exact) mass is 202 g/mol. The number of carbonyl (C=O) groups is 1. The van der Waals surface area contributed by atoms with E-state index in [4.69, 9.17) is 4.74 Å². The molecular weight excluding hydrogens is 180 g/mol. The number of amides is 1. The highest BCUT2D eigenvalue weighted by atomic mass is 16.5. The summed E-state index contributed by atoms with van der Waals surface area (Å²) in [6.45, 7) is 2.24. The average Bonchev–Trinajstić information content (AvgIpc) is 2.18. The Hall–Kier alpha value is -0.610. The van der Waals surface area contributed by atoms with Gasteiger partial charge >= 0.3 is 0 Å². The molecule has 0 spiro atoms. The molecule has 0 aliphatic carbocycles. The molecule has 0 aromatic rings. The summed E-state index contributed by atoms with van der Waals surface area (Å²) in [4.78, 5) is 11.2. The number of rotatable bonds is 9. The third kappa shape index (κ3) is 9.48. The Balaban J connectivity index is 3.10. The van der Waals surface area contributed by atoms with Crippen molar-refractivity contribution in [1.29, 1.82) is 0 Å². The van der Waals surface area contributed by atoms with E-state index in [0.29, 0.717) is 19.6 Å². The van der Waals surface area contributed by atoms with E-state index in [1.807, 2.05) is 7.05 Å². The van der Waals surface area contributed by atoms with E-state index in [2.05, 4.69) is 10.6 Å². The van der Waals surface area contributed by atoms with Gasteiger partial charge in [0.25, 0.3) is 0 Å². The molecule has 1 amide bonds. The zero-order valence-corrected chi connectivity index (χ0v) is 9.27. The molecule has 0 saturated carbocycles. The Morgan fingerprint density at radius 1 is 1.21 bits per heavy atom. The number of methoxy groups -OCH3 is 1. The maximum absolute atomic E-state index is 11.2. The van der Waals surface area contributed by atoms with Crippen molar-refractivity contribution in [2.45, 2.75) is 25.7 Å². The number of nitrogens with one attached hydrogen (secondary N) is 2. The lowest BCUT2D eigenvalue weighted by Crippen LogP contribution is -2.26. The van der Waals surface area contributed by atoms with Crippen molar-refractivity contribution in [3.8, 4) is 0 Å². The van der Waals surface area contributed by atoms with E-state index in [9.17, 15) is 4.79 Å². The molecule has 0 heterocycles. The van der Waals surface area contributed by atoms with Crippen molar-refractivity contribution < 1.29 is 9.53 Å². The van der Waals surface area contributed by atoms with Crippen molar-refractivity contribution in [1.82, 2.24) is 10.6 Å². The maximum atomic E-state index is 11.2. The fourth-order valence-electron chi connectivity index (χ4n) is 1.15. The maximum Gasteiger partial charge on any atom is 0.220 e. The molecule has 0 atom stereocenters. The molecule has 4 heteroatoms. The first-order valence-electron chi connectivity index (χ1n) is 5.21. The van der Waals surface area contributed by atoms with Crippen LogP contribution in [0.15, 0.2) is 0 Å². The Labute approximate surface area is 86.4 Å². The van der Waals surface area contributed by atoms with Crippen LogP contribution in [-0.4, -0.2) is 39.8 Å². The summed E-state index contributed by atoms with van der Waals surface area (Å²) < 4.78 is 4.83. The third-order valence-electron chi connectivity index (χ3n) is 1.96. The summed E-state index contributed by atoms with van der Waals surface area (Å²) in [6.07, 6.45) is 3.86. The summed E-state index contributed by atoms with van der Waals surface area (Å²) in [7, 11) is 3.57. The van der Waals surface area contributed by atoms with E-state index >= 15 is 0 Å². The van der Waals surface area contributed by atoms with Gasteiger partial charge in [-0.15, -0.1) is 0 Å². The molecule has 0 radical (unpaired) electrons. The molecule has 0 bridgehead atoms. The van der Waals surface area contributed by atoms with Crippen LogP contribution in [0.1, 0.15) is 25.7 Å². The van der Waals surface area contributed by atoms with Gasteiger partial charge < -0.3 is 15.4 Å². The second-order valence-corrected chi connectivity index (χ2v) is 3.26. The summed E-state index contributed by atoms with van der Waals surface area (Å²) in [5.41, 5.74) is 0. The number of hydrogen-bond acceptors (Lipinski definition) is 3. The van der Waals surface area contributed by atoms with Gasteiger partial charge in [0.05, 0.1) is 6.61 Å². The second kappa shape index (κ2) is 10.5. The van der Waals surface area contributed by atoms with Crippen molar-refractivity contribution in [2.24, 2.45) is 0 Å². The molecule has 0 aromatic heterocycles. The van der Waals surface area contributed by atoms with Gasteiger partial charge in [0.15, 0.2) is 0 Å². The van der Waals surface area contributed by atoms with E-state index in [1.54, 1.807) is 7.11 Å². The minimum atomic E-state index is 0.131. The number of unbranched alkanes of at least 4 members (excludes halogenated alkanes) is 2. The van der Waals surface area contributed by atoms with Gasteiger partial charge in [-0.25, -0.2) is 0 Å². The standard InChI is InChI=1S/C10H22N2O2/c1-11-7-5-3-4-6-10(13)12-8-9-14-2/h11H,3-9H2,1-2H3,(H,12,13). The van der Waals surface area contributed by atoms with Gasteiger partial charge in [0.2, 0.25) is 5.91 Å². The second-order valence-electron chi connectivity index (χ2n) is 3.26. The highest BCUT2D eigenvalue weighted by Crippen LogP contribution is 1.98. The van der Waals surface area contributed by atoms with Crippen molar-refractivity contribution in [3.05, 3.63) is 0 Å². The Morgan fingerprint density at radius 3 is 2.64 bits per heavy atom. The van der Waals surface area contributed by atoms with E-state index in [0.717, 1.165) is 25.8 Å². The molecule has 84 valence electrons. The zero-order chi connectivity index (χ0) is 10.6. The van der Waals surface area contributed by atoms with E-state index < -0.39 is 0 Å². The summed E-state index contributed by atoms with van der Waals surface area (Å²) in [5.74, 6) is 0.131. The normalized spacial score (nSPS) is 10.1. The molecule has 0 aromatic carbocycles. The van der Waals surface area contributed by atoms with Crippen molar-refractivity contribution in [2.75, 3.05) is 33.9 Å². The predicted molar refractivity (Wildman–Crippen MR) is 57.3 cm³/mol. The van der Waals surface area contributed by atoms with E-state index in [1.165, 1.54) is 0 Å². The molecule has 0 unspecified atom stereocenters. The molecule has 0 rings (SSSR count). The van der Waals surface area contributed by atoms with Crippen LogP contribution >= 0.6 is 0 Å². The fourth-order valence-corrected chi connectivity index (χ4v) is 1.15. The van der Waals surface area contributed by atoms with Gasteiger partial charge in [-0.2, -0.15) is 0 Å². The topological polar surface area (TPSA) is 50.4 Å². The molecule has 0 aliphatic heterocycles. The summed E-state index contributed by atoms with van der Waals surface area (Å²) >= 11 is 0. The smallest absolute Gasteiger partial charge is 0.220 e. The molecule has 14 heavy (non-hydrogen) atoms. The van der Waals surface area contributed by atoms with Crippen LogP contribution in [0.3, 0.4) is 0 Å². The van der Waals surface area contributed by atoms with Gasteiger partial charge in [-0.3, -0.25) is 4.79 Å². The zero-order valence-electron chi connectivity index (χ0n) is 9.27. The van der Waals surface area contributed by atoms with Gasteiger partial charge in [-0.05, 0) is 26.4 Å². The molecule has 0 fully saturated rings. The highest BCUT2D eigenvalue weighted by molar-refractivity contribution is 5.75. The van der Waals surface area contributed by atoms with Crippen LogP contribution < -0.4 is 10.6 Å². The SMILES string of the molecule is CNCCCCCC(=O)NCCOC. The van der Waals surface area contributed by atoms with Crippen LogP contribution in [0, 0.1) is 0 Å². The minimum absolute atomic E-state index is 0.131. The number of ether oxygens (including phenoxy) is 1. The first-order valence-corrected chi connectivity index (χ1v) is 5.21. The highest BCUT2D eigenvalue weighted by Gasteiger charge is 1.99. The lowest BCUT2D eigenvalue weighted by Gasteiger charge is -2.04. The summed E-state index contributed by atoms with van der Waals surface area (Å²) in [5, 5.41) is 5.88. The Kier molecular flexibility index (Phi) is 10.0.